The van der Waals surface area contributed by atoms with E-state index in [1.807, 2.05) is 30.3 Å². The Morgan fingerprint density at radius 2 is 1.65 bits per heavy atom. The Bertz CT molecular complexity index is 1100. The molecule has 3 aromatic carbocycles. The van der Waals surface area contributed by atoms with Gasteiger partial charge in [0, 0.05) is 11.6 Å². The van der Waals surface area contributed by atoms with Crippen LogP contribution in [-0.4, -0.2) is 0 Å². The molecule has 0 atom stereocenters. The topological polar surface area (TPSA) is 39.4 Å². The van der Waals surface area contributed by atoms with Gasteiger partial charge in [-0.25, -0.2) is 4.39 Å². The number of halogens is 1. The third-order valence-corrected chi connectivity index (χ3v) is 4.08. The summed E-state index contributed by atoms with van der Waals surface area (Å²) in [6.07, 6.45) is 0. The van der Waals surface area contributed by atoms with E-state index in [-0.39, 0.29) is 11.2 Å². The maximum atomic E-state index is 12.9. The Hall–Kier alpha value is -3.40. The zero-order valence-corrected chi connectivity index (χ0v) is 13.8. The summed E-state index contributed by atoms with van der Waals surface area (Å²) in [5.41, 5.74) is 2.07. The van der Waals surface area contributed by atoms with Crippen LogP contribution in [0, 0.1) is 5.82 Å². The molecule has 4 aromatic rings. The van der Waals surface area contributed by atoms with E-state index < -0.39 is 0 Å². The van der Waals surface area contributed by atoms with Crippen molar-refractivity contribution in [3.8, 4) is 17.1 Å². The number of hydrogen-bond donors (Lipinski definition) is 0. The maximum Gasteiger partial charge on any atom is 0.193 e. The molecule has 0 radical (unpaired) electrons. The van der Waals surface area contributed by atoms with Crippen LogP contribution < -0.4 is 10.2 Å². The molecule has 4 rings (SSSR count). The molecule has 0 aliphatic heterocycles. The molecule has 0 bridgehead atoms. The van der Waals surface area contributed by atoms with Gasteiger partial charge in [0.05, 0.1) is 5.39 Å². The minimum atomic E-state index is -0.286. The largest absolute Gasteiger partial charge is 0.489 e. The molecule has 0 amide bonds. The molecule has 0 N–H and O–H groups in total. The summed E-state index contributed by atoms with van der Waals surface area (Å²) >= 11 is 0. The Morgan fingerprint density at radius 1 is 0.885 bits per heavy atom. The van der Waals surface area contributed by atoms with Crippen LogP contribution in [0.3, 0.4) is 0 Å². The fourth-order valence-electron chi connectivity index (χ4n) is 2.72. The van der Waals surface area contributed by atoms with Crippen molar-refractivity contribution in [3.63, 3.8) is 0 Å². The standard InChI is InChI=1S/C22H15FO3/c23-17-8-6-15(7-9-17)14-25-18-10-11-21-19(12-18)20(24)13-22(26-21)16-4-2-1-3-5-16/h1-13H,14H2. The van der Waals surface area contributed by atoms with Crippen LogP contribution in [0.1, 0.15) is 5.56 Å². The molecule has 0 unspecified atom stereocenters. The maximum absolute atomic E-state index is 12.9. The van der Waals surface area contributed by atoms with Crippen molar-refractivity contribution >= 4 is 11.0 Å². The molecular formula is C22H15FO3. The molecule has 0 saturated carbocycles. The van der Waals surface area contributed by atoms with Crippen LogP contribution in [0.4, 0.5) is 4.39 Å². The predicted octanol–water partition coefficient (Wildman–Crippen LogP) is 5.18. The van der Waals surface area contributed by atoms with Crippen molar-refractivity contribution in [1.29, 1.82) is 0 Å². The van der Waals surface area contributed by atoms with Gasteiger partial charge in [0.15, 0.2) is 5.43 Å². The summed E-state index contributed by atoms with van der Waals surface area (Å²) < 4.78 is 24.5. The molecule has 128 valence electrons. The Kier molecular flexibility index (Phi) is 4.23. The third-order valence-electron chi connectivity index (χ3n) is 4.08. The smallest absolute Gasteiger partial charge is 0.193 e. The number of fused-ring (bicyclic) bond motifs is 1. The van der Waals surface area contributed by atoms with Crippen molar-refractivity contribution in [2.45, 2.75) is 6.61 Å². The van der Waals surface area contributed by atoms with E-state index in [1.54, 1.807) is 30.3 Å². The van der Waals surface area contributed by atoms with Crippen LogP contribution >= 0.6 is 0 Å². The summed E-state index contributed by atoms with van der Waals surface area (Å²) in [6, 6.07) is 22.2. The van der Waals surface area contributed by atoms with E-state index in [0.717, 1.165) is 11.1 Å². The molecule has 0 spiro atoms. The van der Waals surface area contributed by atoms with Crippen molar-refractivity contribution in [3.05, 3.63) is 100 Å². The summed E-state index contributed by atoms with van der Waals surface area (Å²) in [7, 11) is 0. The first-order chi connectivity index (χ1) is 12.7. The van der Waals surface area contributed by atoms with Gasteiger partial charge in [0.25, 0.3) is 0 Å². The Labute approximate surface area is 149 Å². The quantitative estimate of drug-likeness (QED) is 0.511. The lowest BCUT2D eigenvalue weighted by Gasteiger charge is -2.08. The Balaban J connectivity index is 1.62. The highest BCUT2D eigenvalue weighted by Crippen LogP contribution is 2.25. The summed E-state index contributed by atoms with van der Waals surface area (Å²) in [4.78, 5) is 12.5. The first kappa shape index (κ1) is 16.1. The van der Waals surface area contributed by atoms with Crippen LogP contribution in [0.15, 0.2) is 88.1 Å². The molecule has 0 aliphatic carbocycles. The molecule has 0 fully saturated rings. The average molecular weight is 346 g/mol. The van der Waals surface area contributed by atoms with Gasteiger partial charge in [-0.2, -0.15) is 0 Å². The van der Waals surface area contributed by atoms with Crippen molar-refractivity contribution in [1.82, 2.24) is 0 Å². The highest BCUT2D eigenvalue weighted by molar-refractivity contribution is 5.80. The van der Waals surface area contributed by atoms with Gasteiger partial charge in [-0.1, -0.05) is 42.5 Å². The first-order valence-corrected chi connectivity index (χ1v) is 8.20. The van der Waals surface area contributed by atoms with Crippen molar-refractivity contribution < 1.29 is 13.5 Å². The van der Waals surface area contributed by atoms with E-state index in [1.165, 1.54) is 18.2 Å². The van der Waals surface area contributed by atoms with Crippen LogP contribution in [0.25, 0.3) is 22.3 Å². The van der Waals surface area contributed by atoms with Gasteiger partial charge in [-0.05, 0) is 35.9 Å². The van der Waals surface area contributed by atoms with E-state index >= 15 is 0 Å². The van der Waals surface area contributed by atoms with Gasteiger partial charge in [-0.15, -0.1) is 0 Å². The minimum absolute atomic E-state index is 0.127. The lowest BCUT2D eigenvalue weighted by atomic mass is 10.1. The fraction of sp³-hybridized carbons (Fsp3) is 0.0455. The Morgan fingerprint density at radius 3 is 2.42 bits per heavy atom. The second kappa shape index (κ2) is 6.84. The van der Waals surface area contributed by atoms with Crippen LogP contribution in [-0.2, 0) is 6.61 Å². The van der Waals surface area contributed by atoms with Crippen LogP contribution in [0.2, 0.25) is 0 Å². The SMILES string of the molecule is O=c1cc(-c2ccccc2)oc2ccc(OCc3ccc(F)cc3)cc12. The van der Waals surface area contributed by atoms with Gasteiger partial charge in [0.2, 0.25) is 0 Å². The number of benzene rings is 3. The predicted molar refractivity (Wildman–Crippen MR) is 98.7 cm³/mol. The van der Waals surface area contributed by atoms with Gasteiger partial charge >= 0.3 is 0 Å². The van der Waals surface area contributed by atoms with Crippen LogP contribution in [0.5, 0.6) is 5.75 Å². The first-order valence-electron chi connectivity index (χ1n) is 8.20. The fourth-order valence-corrected chi connectivity index (χ4v) is 2.72. The molecule has 26 heavy (non-hydrogen) atoms. The molecule has 1 aromatic heterocycles. The third kappa shape index (κ3) is 3.35. The molecule has 0 aliphatic rings. The van der Waals surface area contributed by atoms with E-state index in [9.17, 15) is 9.18 Å². The average Bonchev–Trinajstić information content (AvgIpc) is 2.68. The van der Waals surface area contributed by atoms with Crippen molar-refractivity contribution in [2.24, 2.45) is 0 Å². The molecule has 1 heterocycles. The van der Waals surface area contributed by atoms with Gasteiger partial charge in [-0.3, -0.25) is 4.79 Å². The van der Waals surface area contributed by atoms with E-state index in [2.05, 4.69) is 0 Å². The molecular weight excluding hydrogens is 331 g/mol. The number of hydrogen-bond acceptors (Lipinski definition) is 3. The highest BCUT2D eigenvalue weighted by Gasteiger charge is 2.08. The van der Waals surface area contributed by atoms with E-state index in [4.69, 9.17) is 9.15 Å². The molecule has 3 nitrogen and oxygen atoms in total. The summed E-state index contributed by atoms with van der Waals surface area (Å²) in [5, 5.41) is 0.460. The zero-order valence-electron chi connectivity index (χ0n) is 13.8. The van der Waals surface area contributed by atoms with Gasteiger partial charge < -0.3 is 9.15 Å². The number of rotatable bonds is 4. The lowest BCUT2D eigenvalue weighted by Crippen LogP contribution is -2.01. The monoisotopic (exact) mass is 346 g/mol. The van der Waals surface area contributed by atoms with E-state index in [0.29, 0.717) is 29.1 Å². The lowest BCUT2D eigenvalue weighted by molar-refractivity contribution is 0.306. The second-order valence-corrected chi connectivity index (χ2v) is 5.91. The highest BCUT2D eigenvalue weighted by atomic mass is 19.1. The summed E-state index contributed by atoms with van der Waals surface area (Å²) in [6.45, 7) is 0.291. The summed E-state index contributed by atoms with van der Waals surface area (Å²) in [5.74, 6) is 0.802. The molecule has 4 heteroatoms. The second-order valence-electron chi connectivity index (χ2n) is 5.91. The minimum Gasteiger partial charge on any atom is -0.489 e. The zero-order chi connectivity index (χ0) is 17.9. The van der Waals surface area contributed by atoms with Crippen molar-refractivity contribution in [2.75, 3.05) is 0 Å². The molecule has 0 saturated heterocycles. The normalized spacial score (nSPS) is 10.8. The number of ether oxygens (including phenoxy) is 1. The van der Waals surface area contributed by atoms with Gasteiger partial charge in [0.1, 0.15) is 29.5 Å².